The topological polar surface area (TPSA) is 54.5 Å². The van der Waals surface area contributed by atoms with Gasteiger partial charge in [-0.05, 0) is 12.1 Å². The van der Waals surface area contributed by atoms with Gasteiger partial charge in [0.2, 0.25) is 5.91 Å². The van der Waals surface area contributed by atoms with Gasteiger partial charge < -0.3 is 15.0 Å². The lowest BCUT2D eigenvalue weighted by molar-refractivity contribution is -0.123. The maximum Gasteiger partial charge on any atom is 0.246 e. The van der Waals surface area contributed by atoms with E-state index in [1.54, 1.807) is 24.3 Å². The van der Waals surface area contributed by atoms with Gasteiger partial charge in [-0.3, -0.25) is 9.78 Å². The highest BCUT2D eigenvalue weighted by molar-refractivity contribution is 5.96. The van der Waals surface area contributed by atoms with Crippen molar-refractivity contribution < 1.29 is 9.53 Å². The van der Waals surface area contributed by atoms with Gasteiger partial charge in [-0.2, -0.15) is 0 Å². The summed E-state index contributed by atoms with van der Waals surface area (Å²) < 4.78 is 5.27. The van der Waals surface area contributed by atoms with Crippen LogP contribution in [-0.4, -0.2) is 43.7 Å². The van der Waals surface area contributed by atoms with Crippen LogP contribution in [0.3, 0.4) is 0 Å². The van der Waals surface area contributed by atoms with Crippen LogP contribution in [0, 0.1) is 0 Å². The lowest BCUT2D eigenvalue weighted by Crippen LogP contribution is -2.51. The van der Waals surface area contributed by atoms with Gasteiger partial charge in [0.1, 0.15) is 6.04 Å². The van der Waals surface area contributed by atoms with Crippen LogP contribution in [0.2, 0.25) is 0 Å². The molecule has 5 heteroatoms. The van der Waals surface area contributed by atoms with Gasteiger partial charge in [0.05, 0.1) is 13.2 Å². The highest BCUT2D eigenvalue weighted by atomic mass is 16.5. The fourth-order valence-electron chi connectivity index (χ4n) is 1.65. The number of hydrogen-bond donors (Lipinski definition) is 1. The summed E-state index contributed by atoms with van der Waals surface area (Å²) in [6, 6.07) is 3.37. The molecule has 1 N–H and O–H groups in total. The molecule has 1 amide bonds. The van der Waals surface area contributed by atoms with Crippen molar-refractivity contribution in [2.24, 2.45) is 0 Å². The van der Waals surface area contributed by atoms with Crippen molar-refractivity contribution in [1.29, 1.82) is 0 Å². The third-order valence-electron chi connectivity index (χ3n) is 2.60. The molecule has 86 valence electrons. The maximum absolute atomic E-state index is 12.1. The molecule has 0 aromatic carbocycles. The summed E-state index contributed by atoms with van der Waals surface area (Å²) in [5, 5.41) is 3.14. The molecule has 1 aromatic heterocycles. The second-order valence-corrected chi connectivity index (χ2v) is 3.68. The number of aromatic nitrogens is 1. The maximum atomic E-state index is 12.1. The summed E-state index contributed by atoms with van der Waals surface area (Å²) in [5.74, 6) is 0.0194. The molecule has 5 nitrogen and oxygen atoms in total. The van der Waals surface area contributed by atoms with Crippen molar-refractivity contribution in [2.75, 3.05) is 31.7 Å². The molecule has 1 atom stereocenters. The molecule has 16 heavy (non-hydrogen) atoms. The summed E-state index contributed by atoms with van der Waals surface area (Å²) in [7, 11) is 1.76. The van der Waals surface area contributed by atoms with E-state index >= 15 is 0 Å². The SMILES string of the molecule is CN(C(=O)C1COCCN1)c1ccncc1. The van der Waals surface area contributed by atoms with Crippen LogP contribution in [0.4, 0.5) is 5.69 Å². The molecule has 1 unspecified atom stereocenters. The fraction of sp³-hybridized carbons (Fsp3) is 0.455. The summed E-state index contributed by atoms with van der Waals surface area (Å²) in [4.78, 5) is 17.6. The zero-order valence-electron chi connectivity index (χ0n) is 9.22. The number of nitrogens with zero attached hydrogens (tertiary/aromatic N) is 2. The van der Waals surface area contributed by atoms with Gasteiger partial charge in [-0.1, -0.05) is 0 Å². The first-order chi connectivity index (χ1) is 7.79. The van der Waals surface area contributed by atoms with Crippen LogP contribution in [0.15, 0.2) is 24.5 Å². The Morgan fingerprint density at radius 1 is 1.56 bits per heavy atom. The Labute approximate surface area is 94.4 Å². The summed E-state index contributed by atoms with van der Waals surface area (Å²) in [6.45, 7) is 1.83. The van der Waals surface area contributed by atoms with Crippen molar-refractivity contribution in [3.8, 4) is 0 Å². The molecule has 1 aromatic rings. The zero-order chi connectivity index (χ0) is 11.4. The Bertz CT molecular complexity index is 350. The first-order valence-corrected chi connectivity index (χ1v) is 5.28. The molecule has 0 saturated carbocycles. The summed E-state index contributed by atoms with van der Waals surface area (Å²) >= 11 is 0. The molecule has 2 rings (SSSR count). The van der Waals surface area contributed by atoms with E-state index < -0.39 is 0 Å². The number of carbonyl (C=O) groups is 1. The number of morpholine rings is 1. The molecule has 1 saturated heterocycles. The molecule has 1 aliphatic heterocycles. The molecule has 1 aliphatic rings. The molecule has 2 heterocycles. The van der Waals surface area contributed by atoms with Gasteiger partial charge >= 0.3 is 0 Å². The summed E-state index contributed by atoms with van der Waals surface area (Å²) in [6.07, 6.45) is 3.34. The number of pyridine rings is 1. The predicted octanol–water partition coefficient (Wildman–Crippen LogP) is 0.0328. The number of nitrogens with one attached hydrogen (secondary N) is 1. The van der Waals surface area contributed by atoms with Crippen LogP contribution >= 0.6 is 0 Å². The number of carbonyl (C=O) groups excluding carboxylic acids is 1. The normalized spacial score (nSPS) is 20.4. The summed E-state index contributed by atoms with van der Waals surface area (Å²) in [5.41, 5.74) is 0.840. The Hall–Kier alpha value is -1.46. The zero-order valence-corrected chi connectivity index (χ0v) is 9.22. The van der Waals surface area contributed by atoms with Crippen molar-refractivity contribution in [2.45, 2.75) is 6.04 Å². The molecule has 1 fully saturated rings. The van der Waals surface area contributed by atoms with Crippen molar-refractivity contribution in [3.63, 3.8) is 0 Å². The van der Waals surface area contributed by atoms with Crippen molar-refractivity contribution >= 4 is 11.6 Å². The van der Waals surface area contributed by atoms with E-state index in [9.17, 15) is 4.79 Å². The lowest BCUT2D eigenvalue weighted by atomic mass is 10.2. The van der Waals surface area contributed by atoms with Gasteiger partial charge in [0, 0.05) is 31.7 Å². The minimum absolute atomic E-state index is 0.0194. The van der Waals surface area contributed by atoms with Gasteiger partial charge in [0.15, 0.2) is 0 Å². The average molecular weight is 221 g/mol. The lowest BCUT2D eigenvalue weighted by Gasteiger charge is -2.27. The Kier molecular flexibility index (Phi) is 3.48. The largest absolute Gasteiger partial charge is 0.378 e. The second-order valence-electron chi connectivity index (χ2n) is 3.68. The number of likely N-dealkylation sites (N-methyl/N-ethyl adjacent to an activating group) is 1. The van der Waals surface area contributed by atoms with E-state index in [-0.39, 0.29) is 11.9 Å². The number of ether oxygens (including phenoxy) is 1. The minimum Gasteiger partial charge on any atom is -0.378 e. The Morgan fingerprint density at radius 3 is 2.94 bits per heavy atom. The van der Waals surface area contributed by atoms with E-state index in [4.69, 9.17) is 4.74 Å². The van der Waals surface area contributed by atoms with E-state index in [1.807, 2.05) is 12.1 Å². The van der Waals surface area contributed by atoms with Crippen LogP contribution in [0.25, 0.3) is 0 Å². The third kappa shape index (κ3) is 2.37. The Morgan fingerprint density at radius 2 is 2.31 bits per heavy atom. The molecule has 0 bridgehead atoms. The number of amides is 1. The smallest absolute Gasteiger partial charge is 0.246 e. The van der Waals surface area contributed by atoms with Crippen molar-refractivity contribution in [1.82, 2.24) is 10.3 Å². The number of rotatable bonds is 2. The Balaban J connectivity index is 2.04. The van der Waals surface area contributed by atoms with E-state index in [2.05, 4.69) is 10.3 Å². The molecule has 0 spiro atoms. The predicted molar refractivity (Wildman–Crippen MR) is 60.3 cm³/mol. The quantitative estimate of drug-likeness (QED) is 0.765. The van der Waals surface area contributed by atoms with Crippen molar-refractivity contribution in [3.05, 3.63) is 24.5 Å². The van der Waals surface area contributed by atoms with Crippen LogP contribution < -0.4 is 10.2 Å². The second kappa shape index (κ2) is 5.05. The monoisotopic (exact) mass is 221 g/mol. The molecule has 0 aliphatic carbocycles. The standard InChI is InChI=1S/C11H15N3O2/c1-14(9-2-4-12-5-3-9)11(15)10-8-16-7-6-13-10/h2-5,10,13H,6-8H2,1H3. The van der Waals surface area contributed by atoms with Crippen LogP contribution in [0.1, 0.15) is 0 Å². The van der Waals surface area contributed by atoms with Gasteiger partial charge in [0.25, 0.3) is 0 Å². The highest BCUT2D eigenvalue weighted by Crippen LogP contribution is 2.11. The van der Waals surface area contributed by atoms with Crippen LogP contribution in [0.5, 0.6) is 0 Å². The first-order valence-electron chi connectivity index (χ1n) is 5.28. The first kappa shape index (κ1) is 11.0. The van der Waals surface area contributed by atoms with Crippen LogP contribution in [-0.2, 0) is 9.53 Å². The van der Waals surface area contributed by atoms with Gasteiger partial charge in [-0.15, -0.1) is 0 Å². The molecular weight excluding hydrogens is 206 g/mol. The van der Waals surface area contributed by atoms with E-state index in [0.29, 0.717) is 13.2 Å². The third-order valence-corrected chi connectivity index (χ3v) is 2.60. The van der Waals surface area contributed by atoms with Gasteiger partial charge in [-0.25, -0.2) is 0 Å². The fourth-order valence-corrected chi connectivity index (χ4v) is 1.65. The average Bonchev–Trinajstić information content (AvgIpc) is 2.39. The highest BCUT2D eigenvalue weighted by Gasteiger charge is 2.24. The molecular formula is C11H15N3O2. The number of hydrogen-bond acceptors (Lipinski definition) is 4. The molecule has 0 radical (unpaired) electrons. The van der Waals surface area contributed by atoms with E-state index in [1.165, 1.54) is 0 Å². The van der Waals surface area contributed by atoms with E-state index in [0.717, 1.165) is 12.2 Å². The minimum atomic E-state index is -0.244. The number of anilines is 1.